The summed E-state index contributed by atoms with van der Waals surface area (Å²) in [6.45, 7) is 1.74. The van der Waals surface area contributed by atoms with Gasteiger partial charge >= 0.3 is 5.97 Å². The second-order valence-corrected chi connectivity index (χ2v) is 3.63. The van der Waals surface area contributed by atoms with Gasteiger partial charge < -0.3 is 15.2 Å². The molecule has 5 nitrogen and oxygen atoms in total. The monoisotopic (exact) mass is 218 g/mol. The minimum atomic E-state index is -1.02. The van der Waals surface area contributed by atoms with E-state index in [1.165, 1.54) is 6.07 Å². The lowest BCUT2D eigenvalue weighted by molar-refractivity contribution is -0.145. The van der Waals surface area contributed by atoms with E-state index in [9.17, 15) is 4.79 Å². The van der Waals surface area contributed by atoms with Crippen LogP contribution >= 0.6 is 0 Å². The van der Waals surface area contributed by atoms with Crippen LogP contribution in [0.4, 0.5) is 5.69 Å². The standard InChI is InChI=1S/C11H10N2O3/c1-6-10(11(14)15)16-9-4-7(5-12)2-3-8(9)13-6/h2-4,6,10,13H,1H3,(H,14,15). The van der Waals surface area contributed by atoms with Crippen LogP contribution in [0.25, 0.3) is 0 Å². The summed E-state index contributed by atoms with van der Waals surface area (Å²) in [4.78, 5) is 10.9. The first-order chi connectivity index (χ1) is 7.61. The molecule has 1 aromatic rings. The molecule has 2 rings (SSSR count). The van der Waals surface area contributed by atoms with Crippen LogP contribution in [0.1, 0.15) is 12.5 Å². The highest BCUT2D eigenvalue weighted by Crippen LogP contribution is 2.32. The minimum absolute atomic E-state index is 0.307. The third kappa shape index (κ3) is 1.65. The first-order valence-corrected chi connectivity index (χ1v) is 4.82. The number of rotatable bonds is 1. The number of anilines is 1. The summed E-state index contributed by atoms with van der Waals surface area (Å²) < 4.78 is 5.33. The molecule has 2 N–H and O–H groups in total. The van der Waals surface area contributed by atoms with Gasteiger partial charge in [0.25, 0.3) is 0 Å². The normalized spacial score (nSPS) is 22.2. The van der Waals surface area contributed by atoms with E-state index in [4.69, 9.17) is 15.1 Å². The van der Waals surface area contributed by atoms with Gasteiger partial charge in [-0.05, 0) is 19.1 Å². The number of aliphatic carboxylic acids is 1. The number of nitrogens with zero attached hydrogens (tertiary/aromatic N) is 1. The number of carboxylic acids is 1. The van der Waals surface area contributed by atoms with Crippen LogP contribution in [0, 0.1) is 11.3 Å². The molecule has 1 heterocycles. The third-order valence-electron chi connectivity index (χ3n) is 2.45. The van der Waals surface area contributed by atoms with E-state index in [-0.39, 0.29) is 6.04 Å². The molecule has 0 aliphatic carbocycles. The quantitative estimate of drug-likeness (QED) is 0.740. The number of carbonyl (C=O) groups is 1. The fourth-order valence-corrected chi connectivity index (χ4v) is 1.63. The maximum Gasteiger partial charge on any atom is 0.347 e. The molecule has 2 unspecified atom stereocenters. The molecule has 0 saturated heterocycles. The van der Waals surface area contributed by atoms with Crippen LogP contribution < -0.4 is 10.1 Å². The van der Waals surface area contributed by atoms with Gasteiger partial charge in [0.05, 0.1) is 23.4 Å². The van der Waals surface area contributed by atoms with Crippen LogP contribution in [-0.4, -0.2) is 23.2 Å². The Bertz CT molecular complexity index is 479. The molecule has 0 fully saturated rings. The summed E-state index contributed by atoms with van der Waals surface area (Å²) in [5.74, 6) is -0.613. The number of fused-ring (bicyclic) bond motifs is 1. The molecular weight excluding hydrogens is 208 g/mol. The Labute approximate surface area is 92.3 Å². The zero-order valence-corrected chi connectivity index (χ0v) is 8.60. The molecule has 0 radical (unpaired) electrons. The predicted molar refractivity (Wildman–Crippen MR) is 56.3 cm³/mol. The van der Waals surface area contributed by atoms with Gasteiger partial charge in [0.2, 0.25) is 6.10 Å². The average Bonchev–Trinajstić information content (AvgIpc) is 2.27. The molecule has 0 aromatic heterocycles. The Morgan fingerprint density at radius 3 is 3.00 bits per heavy atom. The van der Waals surface area contributed by atoms with Gasteiger partial charge in [0, 0.05) is 6.07 Å². The van der Waals surface area contributed by atoms with Gasteiger partial charge in [-0.3, -0.25) is 0 Å². The van der Waals surface area contributed by atoms with Crippen molar-refractivity contribution in [2.45, 2.75) is 19.1 Å². The van der Waals surface area contributed by atoms with Crippen LogP contribution in [0.5, 0.6) is 5.75 Å². The number of benzene rings is 1. The first kappa shape index (κ1) is 10.3. The van der Waals surface area contributed by atoms with Crippen molar-refractivity contribution in [3.8, 4) is 11.8 Å². The number of carboxylic acid groups (broad SMARTS) is 1. The van der Waals surface area contributed by atoms with E-state index in [0.717, 1.165) is 0 Å². The van der Waals surface area contributed by atoms with Crippen molar-refractivity contribution in [1.29, 1.82) is 5.26 Å². The molecule has 5 heteroatoms. The van der Waals surface area contributed by atoms with Crippen molar-refractivity contribution < 1.29 is 14.6 Å². The van der Waals surface area contributed by atoms with E-state index >= 15 is 0 Å². The van der Waals surface area contributed by atoms with Gasteiger partial charge in [0.15, 0.2) is 0 Å². The molecule has 82 valence electrons. The number of hydrogen-bond acceptors (Lipinski definition) is 4. The number of ether oxygens (including phenoxy) is 1. The van der Waals surface area contributed by atoms with E-state index in [1.807, 2.05) is 6.07 Å². The summed E-state index contributed by atoms with van der Waals surface area (Å²) in [5.41, 5.74) is 1.16. The molecule has 16 heavy (non-hydrogen) atoms. The Hall–Kier alpha value is -2.22. The Balaban J connectivity index is 2.37. The van der Waals surface area contributed by atoms with Crippen molar-refractivity contribution in [2.75, 3.05) is 5.32 Å². The zero-order chi connectivity index (χ0) is 11.7. The Kier molecular flexibility index (Phi) is 2.41. The molecule has 0 spiro atoms. The Morgan fingerprint density at radius 1 is 1.62 bits per heavy atom. The van der Waals surface area contributed by atoms with Crippen molar-refractivity contribution in [3.63, 3.8) is 0 Å². The molecule has 1 aliphatic heterocycles. The lowest BCUT2D eigenvalue weighted by Gasteiger charge is -2.30. The van der Waals surface area contributed by atoms with Crippen molar-refractivity contribution in [1.82, 2.24) is 0 Å². The Morgan fingerprint density at radius 2 is 2.38 bits per heavy atom. The van der Waals surface area contributed by atoms with Crippen LogP contribution in [0.2, 0.25) is 0 Å². The number of nitriles is 1. The second kappa shape index (κ2) is 3.74. The van der Waals surface area contributed by atoms with Gasteiger partial charge in [-0.2, -0.15) is 5.26 Å². The van der Waals surface area contributed by atoms with Crippen LogP contribution in [0.3, 0.4) is 0 Å². The first-order valence-electron chi connectivity index (χ1n) is 4.82. The highest BCUT2D eigenvalue weighted by molar-refractivity contribution is 5.77. The summed E-state index contributed by atoms with van der Waals surface area (Å²) in [6, 6.07) is 6.57. The predicted octanol–water partition coefficient (Wildman–Crippen LogP) is 1.20. The van der Waals surface area contributed by atoms with Crippen LogP contribution in [-0.2, 0) is 4.79 Å². The smallest absolute Gasteiger partial charge is 0.347 e. The number of hydrogen-bond donors (Lipinski definition) is 2. The highest BCUT2D eigenvalue weighted by Gasteiger charge is 2.32. The summed E-state index contributed by atoms with van der Waals surface area (Å²) >= 11 is 0. The van der Waals surface area contributed by atoms with E-state index in [2.05, 4.69) is 5.32 Å². The minimum Gasteiger partial charge on any atom is -0.478 e. The molecular formula is C11H10N2O3. The average molecular weight is 218 g/mol. The van der Waals surface area contributed by atoms with E-state index in [0.29, 0.717) is 17.0 Å². The lowest BCUT2D eigenvalue weighted by Crippen LogP contribution is -2.44. The van der Waals surface area contributed by atoms with Crippen molar-refractivity contribution >= 4 is 11.7 Å². The van der Waals surface area contributed by atoms with Gasteiger partial charge in [-0.15, -0.1) is 0 Å². The molecule has 0 amide bonds. The van der Waals surface area contributed by atoms with E-state index < -0.39 is 12.1 Å². The summed E-state index contributed by atoms with van der Waals surface area (Å²) in [7, 11) is 0. The zero-order valence-electron chi connectivity index (χ0n) is 8.60. The fraction of sp³-hybridized carbons (Fsp3) is 0.273. The lowest BCUT2D eigenvalue weighted by atomic mass is 10.1. The molecule has 0 bridgehead atoms. The third-order valence-corrected chi connectivity index (χ3v) is 2.45. The van der Waals surface area contributed by atoms with Gasteiger partial charge in [-0.25, -0.2) is 4.79 Å². The van der Waals surface area contributed by atoms with Crippen LogP contribution in [0.15, 0.2) is 18.2 Å². The maximum absolute atomic E-state index is 10.9. The summed E-state index contributed by atoms with van der Waals surface area (Å²) in [6.07, 6.45) is -0.929. The maximum atomic E-state index is 10.9. The van der Waals surface area contributed by atoms with Crippen molar-refractivity contribution in [3.05, 3.63) is 23.8 Å². The topological polar surface area (TPSA) is 82.3 Å². The van der Waals surface area contributed by atoms with Gasteiger partial charge in [0.1, 0.15) is 5.75 Å². The molecule has 2 atom stereocenters. The molecule has 1 aliphatic rings. The fourth-order valence-electron chi connectivity index (χ4n) is 1.63. The largest absolute Gasteiger partial charge is 0.478 e. The number of nitrogens with one attached hydrogen (secondary N) is 1. The molecule has 0 saturated carbocycles. The highest BCUT2D eigenvalue weighted by atomic mass is 16.5. The SMILES string of the molecule is CC1Nc2ccc(C#N)cc2OC1C(=O)O. The van der Waals surface area contributed by atoms with E-state index in [1.54, 1.807) is 19.1 Å². The second-order valence-electron chi connectivity index (χ2n) is 3.63. The molecule has 1 aromatic carbocycles. The van der Waals surface area contributed by atoms with Gasteiger partial charge in [-0.1, -0.05) is 0 Å². The van der Waals surface area contributed by atoms with Crippen molar-refractivity contribution in [2.24, 2.45) is 0 Å². The summed E-state index contributed by atoms with van der Waals surface area (Å²) in [5, 5.41) is 20.7.